The van der Waals surface area contributed by atoms with E-state index < -0.39 is 0 Å². The molecule has 118 valence electrons. The van der Waals surface area contributed by atoms with Gasteiger partial charge in [0.1, 0.15) is 0 Å². The third kappa shape index (κ3) is 3.06. The van der Waals surface area contributed by atoms with Crippen molar-refractivity contribution in [2.75, 3.05) is 20.1 Å². The zero-order chi connectivity index (χ0) is 15.7. The first-order valence-corrected chi connectivity index (χ1v) is 7.83. The van der Waals surface area contributed by atoms with Gasteiger partial charge < -0.3 is 9.88 Å². The summed E-state index contributed by atoms with van der Waals surface area (Å²) < 4.78 is 0. The number of fused-ring (bicyclic) bond motifs is 1. The molecule has 0 bridgehead atoms. The van der Waals surface area contributed by atoms with Gasteiger partial charge in [-0.2, -0.15) is 0 Å². The Hall–Kier alpha value is -1.69. The van der Waals surface area contributed by atoms with Crippen LogP contribution in [0.1, 0.15) is 18.1 Å². The highest BCUT2D eigenvalue weighted by atomic mass is 16.1. The summed E-state index contributed by atoms with van der Waals surface area (Å²) >= 11 is 0. The van der Waals surface area contributed by atoms with E-state index in [9.17, 15) is 4.79 Å². The quantitative estimate of drug-likeness (QED) is 0.798. The van der Waals surface area contributed by atoms with Crippen LogP contribution in [0, 0.1) is 12.8 Å². The molecule has 2 aromatic rings. The maximum Gasteiger partial charge on any atom is 0.252 e. The van der Waals surface area contributed by atoms with Crippen molar-refractivity contribution >= 4 is 10.9 Å². The van der Waals surface area contributed by atoms with Crippen molar-refractivity contribution in [3.8, 4) is 0 Å². The van der Waals surface area contributed by atoms with Crippen LogP contribution in [0.25, 0.3) is 10.9 Å². The van der Waals surface area contributed by atoms with Gasteiger partial charge in [0.2, 0.25) is 0 Å². The Morgan fingerprint density at radius 2 is 2.18 bits per heavy atom. The predicted molar refractivity (Wildman–Crippen MR) is 89.7 cm³/mol. The zero-order valence-electron chi connectivity index (χ0n) is 13.4. The molecule has 1 saturated heterocycles. The molecule has 1 aromatic heterocycles. The van der Waals surface area contributed by atoms with E-state index in [-0.39, 0.29) is 5.56 Å². The molecule has 0 radical (unpaired) electrons. The largest absolute Gasteiger partial charge is 0.321 e. The number of hydrogen-bond acceptors (Lipinski definition) is 4. The van der Waals surface area contributed by atoms with Crippen LogP contribution < -0.4 is 16.4 Å². The molecule has 0 saturated carbocycles. The Morgan fingerprint density at radius 1 is 1.36 bits per heavy atom. The fourth-order valence-corrected chi connectivity index (χ4v) is 3.17. The van der Waals surface area contributed by atoms with Gasteiger partial charge in [-0.1, -0.05) is 18.2 Å². The lowest BCUT2D eigenvalue weighted by molar-refractivity contribution is 0.265. The zero-order valence-corrected chi connectivity index (χ0v) is 13.4. The van der Waals surface area contributed by atoms with E-state index in [1.165, 1.54) is 0 Å². The van der Waals surface area contributed by atoms with Gasteiger partial charge in [0.25, 0.3) is 5.56 Å². The van der Waals surface area contributed by atoms with Crippen LogP contribution in [0.3, 0.4) is 0 Å². The van der Waals surface area contributed by atoms with E-state index in [2.05, 4.69) is 40.8 Å². The molecule has 3 rings (SSSR count). The summed E-state index contributed by atoms with van der Waals surface area (Å²) in [6, 6.07) is 8.58. The molecule has 1 aromatic carbocycles. The van der Waals surface area contributed by atoms with E-state index in [4.69, 9.17) is 0 Å². The Balaban J connectivity index is 1.78. The first kappa shape index (κ1) is 15.2. The van der Waals surface area contributed by atoms with Crippen molar-refractivity contribution in [3.63, 3.8) is 0 Å². The number of nitrogens with zero attached hydrogens (tertiary/aromatic N) is 1. The van der Waals surface area contributed by atoms with Crippen LogP contribution in [-0.4, -0.2) is 36.1 Å². The number of rotatable bonds is 4. The summed E-state index contributed by atoms with van der Waals surface area (Å²) in [4.78, 5) is 17.6. The maximum absolute atomic E-state index is 12.3. The molecule has 0 aliphatic carbocycles. The van der Waals surface area contributed by atoms with E-state index >= 15 is 0 Å². The number of para-hydroxylation sites is 1. The van der Waals surface area contributed by atoms with Crippen LogP contribution in [0.5, 0.6) is 0 Å². The van der Waals surface area contributed by atoms with Crippen molar-refractivity contribution in [2.24, 2.45) is 5.92 Å². The summed E-state index contributed by atoms with van der Waals surface area (Å²) in [5.41, 5.74) is 9.31. The minimum atomic E-state index is 0.0179. The third-order valence-corrected chi connectivity index (χ3v) is 4.55. The highest BCUT2D eigenvalue weighted by molar-refractivity contribution is 5.81. The average molecular weight is 300 g/mol. The number of nitrogens with one attached hydrogen (secondary N) is 3. The molecule has 2 unspecified atom stereocenters. The second kappa shape index (κ2) is 6.20. The normalized spacial score (nSPS) is 21.8. The van der Waals surface area contributed by atoms with Gasteiger partial charge in [-0.15, -0.1) is 0 Å². The molecule has 5 nitrogen and oxygen atoms in total. The second-order valence-electron chi connectivity index (χ2n) is 6.43. The number of pyridine rings is 1. The Bertz CT molecular complexity index is 724. The highest BCUT2D eigenvalue weighted by Crippen LogP contribution is 2.16. The van der Waals surface area contributed by atoms with Crippen molar-refractivity contribution in [1.82, 2.24) is 20.7 Å². The number of hydrazine groups is 1. The summed E-state index contributed by atoms with van der Waals surface area (Å²) in [7, 11) is 2.07. The number of H-pyrrole nitrogens is 1. The SMILES string of the molecule is Cc1cccc2cc(CN(C)CC3CNNC3C)c(=O)[nH]c12. The smallest absolute Gasteiger partial charge is 0.252 e. The number of aromatic amines is 1. The molecule has 3 N–H and O–H groups in total. The number of aromatic nitrogens is 1. The summed E-state index contributed by atoms with van der Waals surface area (Å²) in [6.45, 7) is 6.81. The van der Waals surface area contributed by atoms with Crippen LogP contribution in [0.15, 0.2) is 29.1 Å². The summed E-state index contributed by atoms with van der Waals surface area (Å²) in [5, 5.41) is 1.10. The Kier molecular flexibility index (Phi) is 4.29. The monoisotopic (exact) mass is 300 g/mol. The number of hydrogen-bond donors (Lipinski definition) is 3. The molecule has 1 aliphatic rings. The molecule has 0 amide bonds. The molecule has 1 fully saturated rings. The fraction of sp³-hybridized carbons (Fsp3) is 0.471. The topological polar surface area (TPSA) is 60.2 Å². The predicted octanol–water partition coefficient (Wildman–Crippen LogP) is 1.38. The van der Waals surface area contributed by atoms with Crippen LogP contribution in [0.4, 0.5) is 0 Å². The average Bonchev–Trinajstić information content (AvgIpc) is 2.86. The maximum atomic E-state index is 12.3. The molecule has 0 spiro atoms. The Labute approximate surface area is 130 Å². The fourth-order valence-electron chi connectivity index (χ4n) is 3.17. The van der Waals surface area contributed by atoms with Gasteiger partial charge in [-0.25, -0.2) is 0 Å². The van der Waals surface area contributed by atoms with Gasteiger partial charge in [0.15, 0.2) is 0 Å². The van der Waals surface area contributed by atoms with Gasteiger partial charge in [-0.05, 0) is 37.9 Å². The number of benzene rings is 1. The molecular weight excluding hydrogens is 276 g/mol. The first-order valence-electron chi connectivity index (χ1n) is 7.83. The summed E-state index contributed by atoms with van der Waals surface area (Å²) in [5.74, 6) is 0.562. The highest BCUT2D eigenvalue weighted by Gasteiger charge is 2.24. The van der Waals surface area contributed by atoms with Gasteiger partial charge in [-0.3, -0.25) is 15.6 Å². The lowest BCUT2D eigenvalue weighted by Crippen LogP contribution is -2.34. The molecule has 22 heavy (non-hydrogen) atoms. The Morgan fingerprint density at radius 3 is 2.91 bits per heavy atom. The first-order chi connectivity index (χ1) is 10.5. The lowest BCUT2D eigenvalue weighted by atomic mass is 10.0. The van der Waals surface area contributed by atoms with Crippen molar-refractivity contribution in [2.45, 2.75) is 26.4 Å². The van der Waals surface area contributed by atoms with Crippen molar-refractivity contribution < 1.29 is 0 Å². The molecule has 2 heterocycles. The van der Waals surface area contributed by atoms with Crippen LogP contribution in [0.2, 0.25) is 0 Å². The summed E-state index contributed by atoms with van der Waals surface area (Å²) in [6.07, 6.45) is 0. The van der Waals surface area contributed by atoms with Crippen LogP contribution in [-0.2, 0) is 6.54 Å². The standard InChI is InChI=1S/C17H24N4O/c1-11-5-4-6-13-7-14(17(22)19-16(11)13)9-21(3)10-15-8-18-20-12(15)2/h4-7,12,15,18,20H,8-10H2,1-3H3,(H,19,22). The molecule has 5 heteroatoms. The van der Waals surface area contributed by atoms with E-state index in [1.54, 1.807) is 0 Å². The van der Waals surface area contributed by atoms with Gasteiger partial charge >= 0.3 is 0 Å². The van der Waals surface area contributed by atoms with Gasteiger partial charge in [0, 0.05) is 37.2 Å². The van der Waals surface area contributed by atoms with Crippen molar-refractivity contribution in [3.05, 3.63) is 45.7 Å². The van der Waals surface area contributed by atoms with E-state index in [0.29, 0.717) is 18.5 Å². The second-order valence-corrected chi connectivity index (χ2v) is 6.43. The number of aryl methyl sites for hydroxylation is 1. The van der Waals surface area contributed by atoms with Gasteiger partial charge in [0.05, 0.1) is 5.52 Å². The van der Waals surface area contributed by atoms with E-state index in [0.717, 1.165) is 35.1 Å². The lowest BCUT2D eigenvalue weighted by Gasteiger charge is -2.22. The van der Waals surface area contributed by atoms with Crippen LogP contribution >= 0.6 is 0 Å². The van der Waals surface area contributed by atoms with Crippen molar-refractivity contribution in [1.29, 1.82) is 0 Å². The molecule has 1 aliphatic heterocycles. The van der Waals surface area contributed by atoms with E-state index in [1.807, 2.05) is 25.1 Å². The third-order valence-electron chi connectivity index (χ3n) is 4.55. The minimum Gasteiger partial charge on any atom is -0.321 e. The molecule has 2 atom stereocenters. The minimum absolute atomic E-state index is 0.0179. The molecular formula is C17H24N4O.